The molecule has 4 N–H and O–H groups in total. The first-order valence-electron chi connectivity index (χ1n) is 8.31. The van der Waals surface area contributed by atoms with Crippen molar-refractivity contribution in [2.75, 3.05) is 0 Å². The Morgan fingerprint density at radius 2 is 1.42 bits per heavy atom. The fraction of sp³-hybridized carbons (Fsp3) is 0.136. The van der Waals surface area contributed by atoms with Crippen molar-refractivity contribution in [3.8, 4) is 0 Å². The van der Waals surface area contributed by atoms with Gasteiger partial charge in [0, 0.05) is 0 Å². The van der Waals surface area contributed by atoms with Gasteiger partial charge in [0.2, 0.25) is 0 Å². The third-order valence-electron chi connectivity index (χ3n) is 3.98. The van der Waals surface area contributed by atoms with Crippen LogP contribution in [0.5, 0.6) is 0 Å². The van der Waals surface area contributed by atoms with E-state index in [1.165, 1.54) is 17.7 Å². The summed E-state index contributed by atoms with van der Waals surface area (Å²) in [5.74, 6) is -0.950. The number of aliphatic hydroxyl groups is 1. The molecule has 3 aromatic carbocycles. The van der Waals surface area contributed by atoms with E-state index in [0.29, 0.717) is 0 Å². The van der Waals surface area contributed by atoms with Gasteiger partial charge in [-0.1, -0.05) is 72.3 Å². The highest BCUT2D eigenvalue weighted by molar-refractivity contribution is 5.87. The first kappa shape index (κ1) is 19.4. The molecule has 0 amide bonds. The van der Waals surface area contributed by atoms with Gasteiger partial charge in [-0.15, -0.1) is 0 Å². The predicted molar refractivity (Wildman–Crippen MR) is 103 cm³/mol. The Labute approximate surface area is 153 Å². The molecule has 0 heterocycles. The second-order valence-corrected chi connectivity index (χ2v) is 5.96. The zero-order chi connectivity index (χ0) is 18.9. The summed E-state index contributed by atoms with van der Waals surface area (Å²) in [4.78, 5) is 10.3. The summed E-state index contributed by atoms with van der Waals surface area (Å²) in [6, 6.07) is 24.6. The molecular weight excluding hydrogens is 326 g/mol. The van der Waals surface area contributed by atoms with Gasteiger partial charge in [0.25, 0.3) is 0 Å². The molecule has 0 fully saturated rings. The van der Waals surface area contributed by atoms with Crippen molar-refractivity contribution < 1.29 is 15.0 Å². The SMILES string of the molecule is Cc1ccc(C(N)c2ccccc2)cc1.O=C(O)c1ccc(CO)cc1. The van der Waals surface area contributed by atoms with Crippen LogP contribution >= 0.6 is 0 Å². The highest BCUT2D eigenvalue weighted by Crippen LogP contribution is 2.19. The number of aromatic carboxylic acids is 1. The van der Waals surface area contributed by atoms with Crippen LogP contribution in [-0.4, -0.2) is 16.2 Å². The standard InChI is InChI=1S/C14H15N.C8H8O3/c1-11-7-9-13(10-8-11)14(15)12-5-3-2-4-6-12;9-5-6-1-3-7(4-2-6)8(10)11/h2-10,14H,15H2,1H3;1-4,9H,5H2,(H,10,11). The van der Waals surface area contributed by atoms with E-state index in [-0.39, 0.29) is 18.2 Å². The van der Waals surface area contributed by atoms with E-state index in [0.717, 1.165) is 16.7 Å². The smallest absolute Gasteiger partial charge is 0.335 e. The number of aliphatic hydroxyl groups excluding tert-OH is 1. The van der Waals surface area contributed by atoms with Crippen LogP contribution in [0.1, 0.15) is 38.7 Å². The third-order valence-corrected chi connectivity index (χ3v) is 3.98. The van der Waals surface area contributed by atoms with Crippen molar-refractivity contribution >= 4 is 5.97 Å². The summed E-state index contributed by atoms with van der Waals surface area (Å²) in [6.07, 6.45) is 0. The number of hydrogen-bond acceptors (Lipinski definition) is 3. The zero-order valence-electron chi connectivity index (χ0n) is 14.7. The summed E-state index contributed by atoms with van der Waals surface area (Å²) in [6.45, 7) is 2.03. The Bertz CT molecular complexity index is 812. The van der Waals surface area contributed by atoms with Crippen molar-refractivity contribution in [2.24, 2.45) is 5.73 Å². The van der Waals surface area contributed by atoms with E-state index in [1.807, 2.05) is 18.2 Å². The predicted octanol–water partition coefficient (Wildman–Crippen LogP) is 3.92. The van der Waals surface area contributed by atoms with Gasteiger partial charge in [0.15, 0.2) is 0 Å². The van der Waals surface area contributed by atoms with Crippen molar-refractivity contribution in [1.82, 2.24) is 0 Å². The lowest BCUT2D eigenvalue weighted by molar-refractivity contribution is 0.0697. The molecule has 0 saturated carbocycles. The van der Waals surface area contributed by atoms with Crippen molar-refractivity contribution in [2.45, 2.75) is 19.6 Å². The minimum atomic E-state index is -0.950. The van der Waals surface area contributed by atoms with Crippen molar-refractivity contribution in [3.05, 3.63) is 107 Å². The van der Waals surface area contributed by atoms with Gasteiger partial charge < -0.3 is 15.9 Å². The average Bonchev–Trinajstić information content (AvgIpc) is 2.69. The highest BCUT2D eigenvalue weighted by Gasteiger charge is 2.07. The first-order valence-corrected chi connectivity index (χ1v) is 8.31. The third kappa shape index (κ3) is 5.55. The van der Waals surface area contributed by atoms with Crippen LogP contribution < -0.4 is 5.73 Å². The van der Waals surface area contributed by atoms with Crippen LogP contribution in [0.3, 0.4) is 0 Å². The fourth-order valence-corrected chi connectivity index (χ4v) is 2.38. The Kier molecular flexibility index (Phi) is 7.09. The Balaban J connectivity index is 0.000000197. The minimum Gasteiger partial charge on any atom is -0.478 e. The van der Waals surface area contributed by atoms with E-state index >= 15 is 0 Å². The topological polar surface area (TPSA) is 83.6 Å². The number of nitrogens with two attached hydrogens (primary N) is 1. The van der Waals surface area contributed by atoms with Gasteiger partial charge in [-0.2, -0.15) is 0 Å². The Morgan fingerprint density at radius 3 is 1.92 bits per heavy atom. The molecule has 0 aliphatic heterocycles. The molecule has 0 aliphatic carbocycles. The van der Waals surface area contributed by atoms with E-state index in [2.05, 4.69) is 43.3 Å². The van der Waals surface area contributed by atoms with Crippen LogP contribution in [0.15, 0.2) is 78.9 Å². The van der Waals surface area contributed by atoms with E-state index in [9.17, 15) is 4.79 Å². The molecule has 4 heteroatoms. The summed E-state index contributed by atoms with van der Waals surface area (Å²) in [7, 11) is 0. The van der Waals surface area contributed by atoms with Crippen LogP contribution in [0.4, 0.5) is 0 Å². The highest BCUT2D eigenvalue weighted by atomic mass is 16.4. The summed E-state index contributed by atoms with van der Waals surface area (Å²) in [5, 5.41) is 17.1. The molecule has 0 saturated heterocycles. The lowest BCUT2D eigenvalue weighted by Crippen LogP contribution is -2.11. The molecule has 134 valence electrons. The fourth-order valence-electron chi connectivity index (χ4n) is 2.38. The zero-order valence-corrected chi connectivity index (χ0v) is 14.7. The van der Waals surface area contributed by atoms with Gasteiger partial charge >= 0.3 is 5.97 Å². The maximum absolute atomic E-state index is 10.3. The molecule has 0 bridgehead atoms. The number of rotatable bonds is 4. The van der Waals surface area contributed by atoms with Gasteiger partial charge in [0.05, 0.1) is 18.2 Å². The molecule has 1 atom stereocenters. The van der Waals surface area contributed by atoms with Crippen LogP contribution in [-0.2, 0) is 6.61 Å². The molecule has 0 spiro atoms. The number of benzene rings is 3. The van der Waals surface area contributed by atoms with Crippen LogP contribution in [0, 0.1) is 6.92 Å². The number of carboxylic acid groups (broad SMARTS) is 1. The molecule has 26 heavy (non-hydrogen) atoms. The average molecular weight is 349 g/mol. The molecule has 4 nitrogen and oxygen atoms in total. The van der Waals surface area contributed by atoms with Gasteiger partial charge in [-0.05, 0) is 35.7 Å². The molecule has 0 radical (unpaired) electrons. The molecule has 1 unspecified atom stereocenters. The van der Waals surface area contributed by atoms with Crippen LogP contribution in [0.25, 0.3) is 0 Å². The van der Waals surface area contributed by atoms with Gasteiger partial charge in [0.1, 0.15) is 0 Å². The second-order valence-electron chi connectivity index (χ2n) is 5.96. The van der Waals surface area contributed by atoms with Gasteiger partial charge in [-0.25, -0.2) is 4.79 Å². The quantitative estimate of drug-likeness (QED) is 0.666. The lowest BCUT2D eigenvalue weighted by Gasteiger charge is -2.12. The molecule has 3 rings (SSSR count). The summed E-state index contributed by atoms with van der Waals surface area (Å²) >= 11 is 0. The number of aryl methyl sites for hydroxylation is 1. The molecular formula is C22H23NO3. The first-order chi connectivity index (χ1) is 12.5. The summed E-state index contributed by atoms with van der Waals surface area (Å²) < 4.78 is 0. The number of hydrogen-bond donors (Lipinski definition) is 3. The maximum Gasteiger partial charge on any atom is 0.335 e. The van der Waals surface area contributed by atoms with Crippen molar-refractivity contribution in [1.29, 1.82) is 0 Å². The number of carboxylic acids is 1. The molecule has 3 aromatic rings. The van der Waals surface area contributed by atoms with Crippen LogP contribution in [0.2, 0.25) is 0 Å². The largest absolute Gasteiger partial charge is 0.478 e. The number of carbonyl (C=O) groups is 1. The maximum atomic E-state index is 10.3. The lowest BCUT2D eigenvalue weighted by atomic mass is 9.99. The molecule has 0 aliphatic rings. The minimum absolute atomic E-state index is 0.0215. The normalized spacial score (nSPS) is 11.2. The van der Waals surface area contributed by atoms with E-state index in [4.69, 9.17) is 15.9 Å². The Hall–Kier alpha value is -2.95. The molecule has 0 aromatic heterocycles. The monoisotopic (exact) mass is 349 g/mol. The summed E-state index contributed by atoms with van der Waals surface area (Å²) in [5.41, 5.74) is 10.7. The van der Waals surface area contributed by atoms with Crippen molar-refractivity contribution in [3.63, 3.8) is 0 Å². The Morgan fingerprint density at radius 1 is 0.885 bits per heavy atom. The van der Waals surface area contributed by atoms with Gasteiger partial charge in [-0.3, -0.25) is 0 Å². The van der Waals surface area contributed by atoms with E-state index in [1.54, 1.807) is 12.1 Å². The second kappa shape index (κ2) is 9.51. The van der Waals surface area contributed by atoms with E-state index < -0.39 is 5.97 Å².